The van der Waals surface area contributed by atoms with Crippen molar-refractivity contribution in [2.24, 2.45) is 5.14 Å². The Kier molecular flexibility index (Phi) is 11.4. The molecule has 1 atom stereocenters. The Morgan fingerprint density at radius 2 is 1.65 bits per heavy atom. The molecule has 0 bridgehead atoms. The van der Waals surface area contributed by atoms with Crippen LogP contribution in [-0.4, -0.2) is 53.3 Å². The highest BCUT2D eigenvalue weighted by Crippen LogP contribution is 2.27. The predicted molar refractivity (Wildman–Crippen MR) is 125 cm³/mol. The van der Waals surface area contributed by atoms with Crippen molar-refractivity contribution in [2.75, 3.05) is 33.9 Å². The summed E-state index contributed by atoms with van der Waals surface area (Å²) in [4.78, 5) is 2.16. The van der Waals surface area contributed by atoms with E-state index in [1.807, 2.05) is 58.2 Å². The molecule has 0 radical (unpaired) electrons. The largest absolute Gasteiger partial charge is 0.495 e. The Morgan fingerprint density at radius 3 is 2.19 bits per heavy atom. The molecule has 0 saturated carbocycles. The molecule has 2 N–H and O–H groups in total. The van der Waals surface area contributed by atoms with E-state index in [4.69, 9.17) is 19.3 Å². The normalized spacial score (nSPS) is 12.0. The van der Waals surface area contributed by atoms with Crippen LogP contribution in [0.2, 0.25) is 0 Å². The standard InChI is InChI=1S/C21H30N2O5S.C2H6/c1-5-27-18-8-6-7-9-19(18)28-13-12-23(3)16(2)14-17-10-11-20(26-4)21(15-17)29(22,24)25;1-2/h6-11,15-16H,5,12-14H2,1-4H3,(H2,22,24,25);1-2H3. The second-order valence-corrected chi connectivity index (χ2v) is 8.32. The van der Waals surface area contributed by atoms with Gasteiger partial charge in [-0.05, 0) is 57.1 Å². The molecule has 31 heavy (non-hydrogen) atoms. The topological polar surface area (TPSA) is 91.1 Å². The zero-order valence-corrected chi connectivity index (χ0v) is 20.2. The van der Waals surface area contributed by atoms with Crippen LogP contribution in [0.25, 0.3) is 0 Å². The van der Waals surface area contributed by atoms with Gasteiger partial charge in [0.15, 0.2) is 11.5 Å². The number of nitrogens with zero attached hydrogens (tertiary/aromatic N) is 1. The average Bonchev–Trinajstić information content (AvgIpc) is 2.75. The van der Waals surface area contributed by atoms with Crippen molar-refractivity contribution in [3.05, 3.63) is 48.0 Å². The van der Waals surface area contributed by atoms with Gasteiger partial charge in [-0.25, -0.2) is 13.6 Å². The Hall–Kier alpha value is -2.29. The van der Waals surface area contributed by atoms with Gasteiger partial charge in [0.25, 0.3) is 0 Å². The monoisotopic (exact) mass is 452 g/mol. The SMILES string of the molecule is CC.CCOc1ccccc1OCCN(C)C(C)Cc1ccc(OC)c(S(N)(=O)=O)c1. The van der Waals surface area contributed by atoms with Crippen molar-refractivity contribution in [1.82, 2.24) is 4.90 Å². The summed E-state index contributed by atoms with van der Waals surface area (Å²) in [6.07, 6.45) is 0.665. The van der Waals surface area contributed by atoms with Gasteiger partial charge in [0.2, 0.25) is 10.0 Å². The first kappa shape index (κ1) is 26.7. The molecule has 0 fully saturated rings. The van der Waals surface area contributed by atoms with Gasteiger partial charge in [-0.3, -0.25) is 4.90 Å². The van der Waals surface area contributed by atoms with E-state index in [1.165, 1.54) is 7.11 Å². The molecule has 174 valence electrons. The van der Waals surface area contributed by atoms with Crippen molar-refractivity contribution in [1.29, 1.82) is 0 Å². The van der Waals surface area contributed by atoms with Gasteiger partial charge in [-0.15, -0.1) is 0 Å². The van der Waals surface area contributed by atoms with Crippen LogP contribution in [0, 0.1) is 0 Å². The zero-order chi connectivity index (χ0) is 23.4. The minimum atomic E-state index is -3.85. The Labute approximate surface area is 187 Å². The highest BCUT2D eigenvalue weighted by Gasteiger charge is 2.17. The summed E-state index contributed by atoms with van der Waals surface area (Å²) >= 11 is 0. The fourth-order valence-electron chi connectivity index (χ4n) is 2.93. The van der Waals surface area contributed by atoms with Gasteiger partial charge in [0, 0.05) is 12.6 Å². The molecule has 0 aliphatic carbocycles. The van der Waals surface area contributed by atoms with Gasteiger partial charge < -0.3 is 14.2 Å². The van der Waals surface area contributed by atoms with Gasteiger partial charge in [-0.1, -0.05) is 32.0 Å². The van der Waals surface area contributed by atoms with E-state index in [0.29, 0.717) is 26.2 Å². The van der Waals surface area contributed by atoms with E-state index >= 15 is 0 Å². The molecule has 0 aromatic heterocycles. The summed E-state index contributed by atoms with van der Waals surface area (Å²) in [5, 5.41) is 5.30. The lowest BCUT2D eigenvalue weighted by atomic mass is 10.1. The summed E-state index contributed by atoms with van der Waals surface area (Å²) in [6, 6.07) is 12.8. The molecule has 1 unspecified atom stereocenters. The van der Waals surface area contributed by atoms with Crippen LogP contribution in [0.4, 0.5) is 0 Å². The second kappa shape index (κ2) is 13.2. The van der Waals surface area contributed by atoms with Crippen molar-refractivity contribution >= 4 is 10.0 Å². The molecular formula is C23H36N2O5S. The number of primary sulfonamides is 1. The molecule has 0 aliphatic heterocycles. The zero-order valence-electron chi connectivity index (χ0n) is 19.4. The number of para-hydroxylation sites is 2. The number of hydrogen-bond donors (Lipinski definition) is 1. The minimum absolute atomic E-state index is 0.00298. The Balaban J connectivity index is 0.00000233. The number of benzene rings is 2. The Bertz CT molecular complexity index is 903. The molecular weight excluding hydrogens is 416 g/mol. The lowest BCUT2D eigenvalue weighted by Crippen LogP contribution is -2.34. The van der Waals surface area contributed by atoms with Crippen LogP contribution in [0.15, 0.2) is 47.4 Å². The second-order valence-electron chi connectivity index (χ2n) is 6.79. The van der Waals surface area contributed by atoms with Crippen molar-refractivity contribution in [2.45, 2.75) is 45.1 Å². The van der Waals surface area contributed by atoms with Crippen LogP contribution >= 0.6 is 0 Å². The third kappa shape index (κ3) is 8.40. The lowest BCUT2D eigenvalue weighted by molar-refractivity contribution is 0.193. The summed E-state index contributed by atoms with van der Waals surface area (Å²) in [6.45, 7) is 9.82. The quantitative estimate of drug-likeness (QED) is 0.559. The first-order chi connectivity index (χ1) is 14.8. The molecule has 0 aliphatic rings. The molecule has 7 nitrogen and oxygen atoms in total. The van der Waals surface area contributed by atoms with Crippen molar-refractivity contribution in [3.8, 4) is 17.2 Å². The lowest BCUT2D eigenvalue weighted by Gasteiger charge is -2.25. The highest BCUT2D eigenvalue weighted by atomic mass is 32.2. The van der Waals surface area contributed by atoms with Crippen molar-refractivity contribution < 1.29 is 22.6 Å². The number of nitrogens with two attached hydrogens (primary N) is 1. The smallest absolute Gasteiger partial charge is 0.241 e. The molecule has 0 amide bonds. The molecule has 0 saturated heterocycles. The van der Waals surface area contributed by atoms with Crippen LogP contribution in [0.5, 0.6) is 17.2 Å². The summed E-state index contributed by atoms with van der Waals surface area (Å²) < 4.78 is 40.1. The molecule has 0 heterocycles. The highest BCUT2D eigenvalue weighted by molar-refractivity contribution is 7.89. The predicted octanol–water partition coefficient (Wildman–Crippen LogP) is 3.71. The van der Waals surface area contributed by atoms with E-state index in [2.05, 4.69) is 11.8 Å². The van der Waals surface area contributed by atoms with Crippen LogP contribution in [-0.2, 0) is 16.4 Å². The van der Waals surface area contributed by atoms with Gasteiger partial charge >= 0.3 is 0 Å². The number of rotatable bonds is 11. The van der Waals surface area contributed by atoms with E-state index in [0.717, 1.165) is 17.1 Å². The van der Waals surface area contributed by atoms with E-state index in [1.54, 1.807) is 12.1 Å². The maximum Gasteiger partial charge on any atom is 0.241 e. The molecule has 8 heteroatoms. The molecule has 2 aromatic rings. The minimum Gasteiger partial charge on any atom is -0.495 e. The number of sulfonamides is 1. The fourth-order valence-corrected chi connectivity index (χ4v) is 3.68. The summed E-state index contributed by atoms with van der Waals surface area (Å²) in [7, 11) is -0.421. The third-order valence-corrected chi connectivity index (χ3v) is 5.60. The van der Waals surface area contributed by atoms with Gasteiger partial charge in [-0.2, -0.15) is 0 Å². The van der Waals surface area contributed by atoms with E-state index in [9.17, 15) is 8.42 Å². The number of likely N-dealkylation sites (N-methyl/N-ethyl adjacent to an activating group) is 1. The van der Waals surface area contributed by atoms with Crippen molar-refractivity contribution in [3.63, 3.8) is 0 Å². The fraction of sp³-hybridized carbons (Fsp3) is 0.478. The van der Waals surface area contributed by atoms with Crippen LogP contribution in [0.1, 0.15) is 33.3 Å². The first-order valence-corrected chi connectivity index (χ1v) is 12.1. The van der Waals surface area contributed by atoms with Gasteiger partial charge in [0.1, 0.15) is 17.3 Å². The first-order valence-electron chi connectivity index (χ1n) is 10.5. The average molecular weight is 453 g/mol. The van der Waals surface area contributed by atoms with Crippen LogP contribution in [0.3, 0.4) is 0 Å². The van der Waals surface area contributed by atoms with Gasteiger partial charge in [0.05, 0.1) is 13.7 Å². The Morgan fingerprint density at radius 1 is 1.03 bits per heavy atom. The van der Waals surface area contributed by atoms with Crippen LogP contribution < -0.4 is 19.3 Å². The summed E-state index contributed by atoms with van der Waals surface area (Å²) in [5.41, 5.74) is 0.872. The number of methoxy groups -OCH3 is 1. The number of hydrogen-bond acceptors (Lipinski definition) is 6. The molecule has 0 spiro atoms. The number of ether oxygens (including phenoxy) is 3. The third-order valence-electron chi connectivity index (χ3n) is 4.67. The summed E-state index contributed by atoms with van der Waals surface area (Å²) in [5.74, 6) is 1.71. The maximum atomic E-state index is 11.8. The van der Waals surface area contributed by atoms with E-state index in [-0.39, 0.29) is 16.7 Å². The van der Waals surface area contributed by atoms with E-state index < -0.39 is 10.0 Å². The maximum absolute atomic E-state index is 11.8. The molecule has 2 aromatic carbocycles. The molecule has 2 rings (SSSR count).